The monoisotopic (exact) mass is 308 g/mol. The van der Waals surface area contributed by atoms with Gasteiger partial charge in [-0.1, -0.05) is 48.5 Å². The number of piperidine rings is 1. The highest BCUT2D eigenvalue weighted by atomic mass is 16.6. The topological polar surface area (TPSA) is 46.4 Å². The van der Waals surface area contributed by atoms with E-state index >= 15 is 0 Å². The summed E-state index contributed by atoms with van der Waals surface area (Å²) in [4.78, 5) is 13.8. The van der Waals surface area contributed by atoms with Gasteiger partial charge in [-0.15, -0.1) is 0 Å². The lowest BCUT2D eigenvalue weighted by Crippen LogP contribution is -2.30. The summed E-state index contributed by atoms with van der Waals surface area (Å²) in [6.07, 6.45) is 3.35. The molecule has 0 bridgehead atoms. The fourth-order valence-corrected chi connectivity index (χ4v) is 3.11. The van der Waals surface area contributed by atoms with Crippen molar-refractivity contribution in [2.45, 2.75) is 19.3 Å². The predicted molar refractivity (Wildman–Crippen MR) is 92.1 cm³/mol. The van der Waals surface area contributed by atoms with Gasteiger partial charge in [0.25, 0.3) is 5.70 Å². The van der Waals surface area contributed by atoms with Gasteiger partial charge in [0.2, 0.25) is 0 Å². The lowest BCUT2D eigenvalue weighted by Gasteiger charge is -2.31. The average Bonchev–Trinajstić information content (AvgIpc) is 2.61. The highest BCUT2D eigenvalue weighted by Gasteiger charge is 2.27. The molecule has 2 aromatic carbocycles. The molecule has 118 valence electrons. The summed E-state index contributed by atoms with van der Waals surface area (Å²) in [7, 11) is 0. The molecule has 0 aliphatic carbocycles. The minimum Gasteiger partial charge on any atom is -0.365 e. The average molecular weight is 308 g/mol. The zero-order valence-electron chi connectivity index (χ0n) is 13.0. The van der Waals surface area contributed by atoms with E-state index in [9.17, 15) is 10.1 Å². The fourth-order valence-electron chi connectivity index (χ4n) is 3.11. The zero-order chi connectivity index (χ0) is 16.1. The molecule has 2 aromatic rings. The molecular formula is C19H20N2O2. The largest absolute Gasteiger partial charge is 0.365 e. The van der Waals surface area contributed by atoms with Crippen LogP contribution in [0.3, 0.4) is 0 Å². The molecule has 1 heterocycles. The standard InChI is InChI=1S/C19H20N2O2/c22-21(23)19(17-12-6-2-7-13-17)18(16-10-4-1-5-11-16)20-14-8-3-9-15-20/h1-2,4-7,10-13H,3,8-9,14-15H2/b19-18+. The summed E-state index contributed by atoms with van der Waals surface area (Å²) in [5.74, 6) is 0. The maximum Gasteiger partial charge on any atom is 0.300 e. The Morgan fingerprint density at radius 2 is 1.35 bits per heavy atom. The van der Waals surface area contributed by atoms with Crippen LogP contribution in [0.15, 0.2) is 60.7 Å². The van der Waals surface area contributed by atoms with Gasteiger partial charge in [-0.2, -0.15) is 0 Å². The minimum absolute atomic E-state index is 0.193. The van der Waals surface area contributed by atoms with Gasteiger partial charge in [0.1, 0.15) is 5.70 Å². The minimum atomic E-state index is -0.244. The Morgan fingerprint density at radius 3 is 1.87 bits per heavy atom. The summed E-state index contributed by atoms with van der Waals surface area (Å²) in [6, 6.07) is 18.9. The zero-order valence-corrected chi connectivity index (χ0v) is 13.0. The maximum absolute atomic E-state index is 11.9. The molecule has 0 spiro atoms. The van der Waals surface area contributed by atoms with Crippen LogP contribution in [-0.2, 0) is 0 Å². The summed E-state index contributed by atoms with van der Waals surface area (Å²) < 4.78 is 0. The Bertz CT molecular complexity index is 690. The van der Waals surface area contributed by atoms with Crippen molar-refractivity contribution < 1.29 is 4.92 Å². The van der Waals surface area contributed by atoms with Gasteiger partial charge in [-0.05, 0) is 31.4 Å². The highest BCUT2D eigenvalue weighted by Crippen LogP contribution is 2.31. The third kappa shape index (κ3) is 3.42. The van der Waals surface area contributed by atoms with Gasteiger partial charge in [-0.3, -0.25) is 10.1 Å². The van der Waals surface area contributed by atoms with E-state index in [2.05, 4.69) is 4.90 Å². The number of nitrogens with zero attached hydrogens (tertiary/aromatic N) is 2. The smallest absolute Gasteiger partial charge is 0.300 e. The van der Waals surface area contributed by atoms with Crippen molar-refractivity contribution in [1.29, 1.82) is 0 Å². The van der Waals surface area contributed by atoms with E-state index in [1.807, 2.05) is 60.7 Å². The summed E-state index contributed by atoms with van der Waals surface area (Å²) in [5.41, 5.74) is 2.49. The van der Waals surface area contributed by atoms with Crippen molar-refractivity contribution in [2.75, 3.05) is 13.1 Å². The normalized spacial score (nSPS) is 15.9. The van der Waals surface area contributed by atoms with Crippen LogP contribution in [0, 0.1) is 10.1 Å². The summed E-state index contributed by atoms with van der Waals surface area (Å²) in [5, 5.41) is 11.9. The molecule has 4 heteroatoms. The number of nitro groups is 1. The molecule has 23 heavy (non-hydrogen) atoms. The third-order valence-electron chi connectivity index (χ3n) is 4.17. The molecule has 3 rings (SSSR count). The molecule has 1 saturated heterocycles. The van der Waals surface area contributed by atoms with Crippen molar-refractivity contribution in [3.05, 3.63) is 81.9 Å². The first-order valence-electron chi connectivity index (χ1n) is 8.02. The molecule has 1 aliphatic heterocycles. The van der Waals surface area contributed by atoms with E-state index in [4.69, 9.17) is 0 Å². The highest BCUT2D eigenvalue weighted by molar-refractivity contribution is 5.85. The van der Waals surface area contributed by atoms with E-state index in [0.29, 0.717) is 5.56 Å². The molecular weight excluding hydrogens is 288 g/mol. The molecule has 0 atom stereocenters. The lowest BCUT2D eigenvalue weighted by atomic mass is 10.0. The van der Waals surface area contributed by atoms with E-state index < -0.39 is 0 Å². The van der Waals surface area contributed by atoms with E-state index in [-0.39, 0.29) is 10.6 Å². The molecule has 1 fully saturated rings. The van der Waals surface area contributed by atoms with Gasteiger partial charge < -0.3 is 4.90 Å². The second kappa shape index (κ2) is 7.09. The van der Waals surface area contributed by atoms with Crippen LogP contribution in [0.25, 0.3) is 11.4 Å². The quantitative estimate of drug-likeness (QED) is 0.481. The Hall–Kier alpha value is -2.62. The Morgan fingerprint density at radius 1 is 0.826 bits per heavy atom. The van der Waals surface area contributed by atoms with Crippen molar-refractivity contribution in [1.82, 2.24) is 4.90 Å². The Labute approximate surface area is 136 Å². The Balaban J connectivity index is 2.19. The number of likely N-dealkylation sites (tertiary alicyclic amines) is 1. The fraction of sp³-hybridized carbons (Fsp3) is 0.263. The van der Waals surface area contributed by atoms with Crippen molar-refractivity contribution in [2.24, 2.45) is 0 Å². The molecule has 0 saturated carbocycles. The van der Waals surface area contributed by atoms with E-state index in [0.717, 1.165) is 37.2 Å². The number of benzene rings is 2. The lowest BCUT2D eigenvalue weighted by molar-refractivity contribution is -0.375. The first-order valence-corrected chi connectivity index (χ1v) is 8.02. The van der Waals surface area contributed by atoms with Crippen molar-refractivity contribution in [3.8, 4) is 0 Å². The van der Waals surface area contributed by atoms with Crippen LogP contribution in [0.4, 0.5) is 0 Å². The Kier molecular flexibility index (Phi) is 4.71. The molecule has 0 amide bonds. The molecule has 0 radical (unpaired) electrons. The van der Waals surface area contributed by atoms with E-state index in [1.54, 1.807) is 0 Å². The second-order valence-electron chi connectivity index (χ2n) is 5.73. The second-order valence-corrected chi connectivity index (χ2v) is 5.73. The van der Waals surface area contributed by atoms with Gasteiger partial charge in [0.05, 0.1) is 10.5 Å². The number of hydrogen-bond acceptors (Lipinski definition) is 3. The van der Waals surface area contributed by atoms with Crippen molar-refractivity contribution in [3.63, 3.8) is 0 Å². The molecule has 4 nitrogen and oxygen atoms in total. The van der Waals surface area contributed by atoms with Gasteiger partial charge in [-0.25, -0.2) is 0 Å². The predicted octanol–water partition coefficient (Wildman–Crippen LogP) is 4.28. The molecule has 0 N–H and O–H groups in total. The molecule has 0 aromatic heterocycles. The SMILES string of the molecule is O=[N+]([O-])/C(=C(\c1ccccc1)N1CCCCC1)c1ccccc1. The first-order chi connectivity index (χ1) is 11.3. The third-order valence-corrected chi connectivity index (χ3v) is 4.17. The summed E-state index contributed by atoms with van der Waals surface area (Å²) >= 11 is 0. The van der Waals surface area contributed by atoms with Crippen LogP contribution in [0.2, 0.25) is 0 Å². The van der Waals surface area contributed by atoms with Gasteiger partial charge >= 0.3 is 0 Å². The van der Waals surface area contributed by atoms with Gasteiger partial charge in [0.15, 0.2) is 0 Å². The van der Waals surface area contributed by atoms with Crippen LogP contribution < -0.4 is 0 Å². The number of hydrogen-bond donors (Lipinski definition) is 0. The van der Waals surface area contributed by atoms with Crippen molar-refractivity contribution >= 4 is 11.4 Å². The van der Waals surface area contributed by atoms with Gasteiger partial charge in [0, 0.05) is 18.7 Å². The van der Waals surface area contributed by atoms with Crippen LogP contribution >= 0.6 is 0 Å². The first kappa shape index (κ1) is 15.3. The summed E-state index contributed by atoms with van der Waals surface area (Å²) in [6.45, 7) is 1.74. The van der Waals surface area contributed by atoms with Crippen LogP contribution in [0.1, 0.15) is 30.4 Å². The maximum atomic E-state index is 11.9. The molecule has 0 unspecified atom stereocenters. The van der Waals surface area contributed by atoms with E-state index in [1.165, 1.54) is 6.42 Å². The van der Waals surface area contributed by atoms with Crippen LogP contribution in [0.5, 0.6) is 0 Å². The molecule has 1 aliphatic rings. The van der Waals surface area contributed by atoms with Crippen LogP contribution in [-0.4, -0.2) is 22.9 Å². The number of rotatable bonds is 4.